The number of rotatable bonds is 3. The van der Waals surface area contributed by atoms with Crippen LogP contribution in [-0.4, -0.2) is 40.2 Å². The number of benzene rings is 1. The molecule has 1 fully saturated rings. The van der Waals surface area contributed by atoms with Gasteiger partial charge in [-0.3, -0.25) is 4.79 Å². The normalized spacial score (nSPS) is 21.9. The van der Waals surface area contributed by atoms with E-state index in [1.807, 2.05) is 12.1 Å². The predicted molar refractivity (Wildman–Crippen MR) is 72.3 cm³/mol. The van der Waals surface area contributed by atoms with Crippen molar-refractivity contribution in [3.8, 4) is 5.69 Å². The summed E-state index contributed by atoms with van der Waals surface area (Å²) in [5.74, 6) is -0.401. The molecule has 2 atom stereocenters. The van der Waals surface area contributed by atoms with Gasteiger partial charge < -0.3 is 15.8 Å². The summed E-state index contributed by atoms with van der Waals surface area (Å²) >= 11 is 0. The molecule has 20 heavy (non-hydrogen) atoms. The monoisotopic (exact) mass is 273 g/mol. The van der Waals surface area contributed by atoms with E-state index in [9.17, 15) is 4.79 Å². The Morgan fingerprint density at radius 2 is 1.95 bits per heavy atom. The number of ether oxygens (including phenoxy) is 1. The summed E-state index contributed by atoms with van der Waals surface area (Å²) in [5, 5.41) is 10.9. The second kappa shape index (κ2) is 5.40. The first kappa shape index (κ1) is 12.8. The Balaban J connectivity index is 1.68. The van der Waals surface area contributed by atoms with Gasteiger partial charge in [-0.15, -0.1) is 0 Å². The molecule has 1 amide bonds. The highest BCUT2D eigenvalue weighted by atomic mass is 16.5. The molecule has 1 aromatic carbocycles. The van der Waals surface area contributed by atoms with Crippen LogP contribution in [0.25, 0.3) is 5.69 Å². The zero-order valence-corrected chi connectivity index (χ0v) is 10.8. The first-order chi connectivity index (χ1) is 9.74. The van der Waals surface area contributed by atoms with Crippen LogP contribution in [0.5, 0.6) is 0 Å². The lowest BCUT2D eigenvalue weighted by atomic mass is 10.0. The highest BCUT2D eigenvalue weighted by Crippen LogP contribution is 2.16. The van der Waals surface area contributed by atoms with Crippen LogP contribution in [0.15, 0.2) is 36.7 Å². The molecule has 0 saturated carbocycles. The van der Waals surface area contributed by atoms with Crippen molar-refractivity contribution in [3.05, 3.63) is 36.7 Å². The lowest BCUT2D eigenvalue weighted by Crippen LogP contribution is -2.37. The van der Waals surface area contributed by atoms with Crippen molar-refractivity contribution in [2.24, 2.45) is 11.7 Å². The van der Waals surface area contributed by atoms with Crippen molar-refractivity contribution in [1.29, 1.82) is 0 Å². The Bertz CT molecular complexity index is 581. The van der Waals surface area contributed by atoms with Gasteiger partial charge >= 0.3 is 0 Å². The van der Waals surface area contributed by atoms with Crippen molar-refractivity contribution in [1.82, 2.24) is 15.0 Å². The van der Waals surface area contributed by atoms with Gasteiger partial charge in [0.15, 0.2) is 0 Å². The van der Waals surface area contributed by atoms with Crippen molar-refractivity contribution >= 4 is 11.6 Å². The van der Waals surface area contributed by atoms with E-state index in [0.29, 0.717) is 18.9 Å². The average molecular weight is 273 g/mol. The Morgan fingerprint density at radius 1 is 1.25 bits per heavy atom. The van der Waals surface area contributed by atoms with Gasteiger partial charge in [-0.05, 0) is 24.3 Å². The lowest BCUT2D eigenvalue weighted by Gasteiger charge is -2.13. The fourth-order valence-electron chi connectivity index (χ4n) is 2.10. The molecule has 104 valence electrons. The van der Waals surface area contributed by atoms with Gasteiger partial charge in [0.05, 0.1) is 37.2 Å². The highest BCUT2D eigenvalue weighted by molar-refractivity contribution is 5.93. The van der Waals surface area contributed by atoms with Crippen molar-refractivity contribution in [2.75, 3.05) is 18.5 Å². The van der Waals surface area contributed by atoms with Gasteiger partial charge in [-0.25, -0.2) is 0 Å². The number of carbonyl (C=O) groups is 1. The number of amides is 1. The number of carbonyl (C=O) groups excluding carboxylic acids is 1. The molecule has 2 aromatic rings. The summed E-state index contributed by atoms with van der Waals surface area (Å²) in [5.41, 5.74) is 7.36. The summed E-state index contributed by atoms with van der Waals surface area (Å²) in [7, 11) is 0. The molecule has 1 aliphatic rings. The SMILES string of the molecule is NC1COCC1C(=O)Nc1ccc(-n2nccn2)cc1. The summed E-state index contributed by atoms with van der Waals surface area (Å²) in [6.07, 6.45) is 3.22. The van der Waals surface area contributed by atoms with Crippen molar-refractivity contribution in [3.63, 3.8) is 0 Å². The van der Waals surface area contributed by atoms with Crippen molar-refractivity contribution < 1.29 is 9.53 Å². The zero-order valence-electron chi connectivity index (χ0n) is 10.8. The summed E-state index contributed by atoms with van der Waals surface area (Å²) in [6.45, 7) is 0.810. The van der Waals surface area contributed by atoms with Gasteiger partial charge in [0.1, 0.15) is 0 Å². The quantitative estimate of drug-likeness (QED) is 0.831. The number of hydrogen-bond donors (Lipinski definition) is 2. The molecule has 1 aliphatic heterocycles. The van der Waals surface area contributed by atoms with E-state index in [1.165, 1.54) is 4.80 Å². The zero-order chi connectivity index (χ0) is 13.9. The fraction of sp³-hybridized carbons (Fsp3) is 0.308. The molecule has 7 heteroatoms. The minimum absolute atomic E-state index is 0.111. The molecular weight excluding hydrogens is 258 g/mol. The van der Waals surface area contributed by atoms with E-state index >= 15 is 0 Å². The van der Waals surface area contributed by atoms with E-state index in [0.717, 1.165) is 5.69 Å². The van der Waals surface area contributed by atoms with E-state index in [1.54, 1.807) is 24.5 Å². The smallest absolute Gasteiger partial charge is 0.231 e. The van der Waals surface area contributed by atoms with Crippen LogP contribution >= 0.6 is 0 Å². The van der Waals surface area contributed by atoms with Crippen LogP contribution < -0.4 is 11.1 Å². The molecule has 1 aromatic heterocycles. The van der Waals surface area contributed by atoms with Crippen LogP contribution in [0.3, 0.4) is 0 Å². The molecule has 7 nitrogen and oxygen atoms in total. The molecule has 1 saturated heterocycles. The van der Waals surface area contributed by atoms with E-state index < -0.39 is 0 Å². The minimum Gasteiger partial charge on any atom is -0.379 e. The largest absolute Gasteiger partial charge is 0.379 e. The maximum Gasteiger partial charge on any atom is 0.231 e. The topological polar surface area (TPSA) is 95.1 Å². The lowest BCUT2D eigenvalue weighted by molar-refractivity contribution is -0.120. The molecule has 0 bridgehead atoms. The molecule has 2 unspecified atom stereocenters. The van der Waals surface area contributed by atoms with E-state index in [2.05, 4.69) is 15.5 Å². The molecule has 0 radical (unpaired) electrons. The molecule has 0 spiro atoms. The van der Waals surface area contributed by atoms with Gasteiger partial charge in [-0.1, -0.05) is 0 Å². The summed E-state index contributed by atoms with van der Waals surface area (Å²) in [4.78, 5) is 13.5. The number of nitrogens with zero attached hydrogens (tertiary/aromatic N) is 3. The average Bonchev–Trinajstić information content (AvgIpc) is 3.10. The Kier molecular flexibility index (Phi) is 3.44. The maximum atomic E-state index is 12.0. The molecule has 0 aliphatic carbocycles. The van der Waals surface area contributed by atoms with Gasteiger partial charge in [0, 0.05) is 11.7 Å². The number of nitrogens with two attached hydrogens (primary N) is 1. The summed E-state index contributed by atoms with van der Waals surface area (Å²) in [6, 6.07) is 7.04. The molecule has 3 rings (SSSR count). The number of hydrogen-bond acceptors (Lipinski definition) is 5. The van der Waals surface area contributed by atoms with E-state index in [-0.39, 0.29) is 17.9 Å². The third-order valence-electron chi connectivity index (χ3n) is 3.25. The van der Waals surface area contributed by atoms with Crippen molar-refractivity contribution in [2.45, 2.75) is 6.04 Å². The second-order valence-electron chi connectivity index (χ2n) is 4.66. The summed E-state index contributed by atoms with van der Waals surface area (Å²) < 4.78 is 5.19. The van der Waals surface area contributed by atoms with Gasteiger partial charge in [-0.2, -0.15) is 15.0 Å². The van der Waals surface area contributed by atoms with Crippen LogP contribution in [-0.2, 0) is 9.53 Å². The Morgan fingerprint density at radius 3 is 2.55 bits per heavy atom. The van der Waals surface area contributed by atoms with Crippen LogP contribution in [0, 0.1) is 5.92 Å². The Labute approximate surface area is 115 Å². The van der Waals surface area contributed by atoms with Gasteiger partial charge in [0.2, 0.25) is 5.91 Å². The second-order valence-corrected chi connectivity index (χ2v) is 4.66. The first-order valence-electron chi connectivity index (χ1n) is 6.35. The Hall–Kier alpha value is -2.25. The van der Waals surface area contributed by atoms with Crippen LogP contribution in [0.2, 0.25) is 0 Å². The number of nitrogens with one attached hydrogen (secondary N) is 1. The van der Waals surface area contributed by atoms with Crippen LogP contribution in [0.1, 0.15) is 0 Å². The third-order valence-corrected chi connectivity index (χ3v) is 3.25. The standard InChI is InChI=1S/C13H15N5O2/c14-12-8-20-7-11(12)13(19)17-9-1-3-10(4-2-9)18-15-5-6-16-18/h1-6,11-12H,7-8,14H2,(H,17,19). The fourth-order valence-corrected chi connectivity index (χ4v) is 2.10. The molecule has 2 heterocycles. The first-order valence-corrected chi connectivity index (χ1v) is 6.35. The third kappa shape index (κ3) is 2.54. The van der Waals surface area contributed by atoms with Crippen LogP contribution in [0.4, 0.5) is 5.69 Å². The number of aromatic nitrogens is 3. The molecular formula is C13H15N5O2. The van der Waals surface area contributed by atoms with Gasteiger partial charge in [0.25, 0.3) is 0 Å². The highest BCUT2D eigenvalue weighted by Gasteiger charge is 2.31. The predicted octanol–water partition coefficient (Wildman–Crippen LogP) is 0.179. The molecule has 3 N–H and O–H groups in total. The number of anilines is 1. The minimum atomic E-state index is -0.289. The van der Waals surface area contributed by atoms with E-state index in [4.69, 9.17) is 10.5 Å². The maximum absolute atomic E-state index is 12.0.